The van der Waals surface area contributed by atoms with Crippen LogP contribution < -0.4 is 4.74 Å². The predicted octanol–water partition coefficient (Wildman–Crippen LogP) is 2.70. The third-order valence-electron chi connectivity index (χ3n) is 5.05. The van der Waals surface area contributed by atoms with E-state index in [9.17, 15) is 14.7 Å². The van der Waals surface area contributed by atoms with Gasteiger partial charge in [-0.1, -0.05) is 22.0 Å². The summed E-state index contributed by atoms with van der Waals surface area (Å²) >= 11 is 3.52. The van der Waals surface area contributed by atoms with Crippen molar-refractivity contribution in [1.82, 2.24) is 4.90 Å². The van der Waals surface area contributed by atoms with E-state index >= 15 is 0 Å². The van der Waals surface area contributed by atoms with E-state index in [4.69, 9.17) is 4.74 Å². The van der Waals surface area contributed by atoms with Crippen LogP contribution in [0.1, 0.15) is 18.4 Å². The molecule has 3 atom stereocenters. The van der Waals surface area contributed by atoms with Gasteiger partial charge in [0.2, 0.25) is 6.41 Å². The van der Waals surface area contributed by atoms with Gasteiger partial charge in [-0.25, -0.2) is 0 Å². The van der Waals surface area contributed by atoms with Crippen LogP contribution in [0.2, 0.25) is 0 Å². The average molecular weight is 394 g/mol. The molecule has 2 aliphatic rings. The van der Waals surface area contributed by atoms with Crippen molar-refractivity contribution in [3.05, 3.63) is 34.3 Å². The first-order valence-electron chi connectivity index (χ1n) is 8.01. The number of fused-ring (bicyclic) bond motifs is 1. The Hall–Kier alpha value is -1.82. The van der Waals surface area contributed by atoms with Gasteiger partial charge in [-0.2, -0.15) is 0 Å². The van der Waals surface area contributed by atoms with Gasteiger partial charge in [0.1, 0.15) is 0 Å². The van der Waals surface area contributed by atoms with Gasteiger partial charge in [-0.3, -0.25) is 9.59 Å². The SMILES string of the molecule is COc1cc(Br)c(CC2C3C=CC(=O)CC3CCN2C=O)cc1O. The molecule has 3 rings (SSSR count). The van der Waals surface area contributed by atoms with Gasteiger partial charge in [0.05, 0.1) is 7.11 Å². The van der Waals surface area contributed by atoms with E-state index in [2.05, 4.69) is 15.9 Å². The van der Waals surface area contributed by atoms with Crippen molar-refractivity contribution in [2.75, 3.05) is 13.7 Å². The number of hydrogen-bond acceptors (Lipinski definition) is 4. The number of piperidine rings is 1. The number of aromatic hydroxyl groups is 1. The molecule has 1 amide bonds. The molecule has 1 heterocycles. The maximum absolute atomic E-state index is 11.7. The average Bonchev–Trinajstić information content (AvgIpc) is 2.57. The lowest BCUT2D eigenvalue weighted by molar-refractivity contribution is -0.124. The largest absolute Gasteiger partial charge is 0.504 e. The van der Waals surface area contributed by atoms with E-state index in [1.807, 2.05) is 11.0 Å². The van der Waals surface area contributed by atoms with E-state index in [1.54, 1.807) is 18.2 Å². The summed E-state index contributed by atoms with van der Waals surface area (Å²) in [5.41, 5.74) is 0.913. The number of hydrogen-bond donors (Lipinski definition) is 1. The molecule has 6 heteroatoms. The number of phenolic OH excluding ortho intramolecular Hbond substituents is 1. The molecule has 1 aromatic rings. The lowest BCUT2D eigenvalue weighted by Crippen LogP contribution is -2.50. The number of benzene rings is 1. The molecular formula is C18H20BrNO4. The van der Waals surface area contributed by atoms with Crippen LogP contribution in [0, 0.1) is 11.8 Å². The minimum Gasteiger partial charge on any atom is -0.504 e. The first-order chi connectivity index (χ1) is 11.5. The fourth-order valence-electron chi connectivity index (χ4n) is 3.79. The van der Waals surface area contributed by atoms with Crippen LogP contribution >= 0.6 is 15.9 Å². The van der Waals surface area contributed by atoms with Gasteiger partial charge < -0.3 is 14.7 Å². The Balaban J connectivity index is 1.90. The van der Waals surface area contributed by atoms with Crippen LogP contribution in [0.3, 0.4) is 0 Å². The number of amides is 1. The molecule has 1 aromatic carbocycles. The van der Waals surface area contributed by atoms with E-state index in [-0.39, 0.29) is 29.4 Å². The summed E-state index contributed by atoms with van der Waals surface area (Å²) in [6.45, 7) is 0.663. The van der Waals surface area contributed by atoms with Gasteiger partial charge in [0.25, 0.3) is 0 Å². The Bertz CT molecular complexity index is 688. The van der Waals surface area contributed by atoms with Crippen LogP contribution in [-0.4, -0.2) is 41.9 Å². The predicted molar refractivity (Wildman–Crippen MR) is 93.0 cm³/mol. The number of likely N-dealkylation sites (tertiary alicyclic amines) is 1. The molecule has 1 aliphatic carbocycles. The number of rotatable bonds is 4. The molecule has 0 aromatic heterocycles. The third kappa shape index (κ3) is 3.20. The van der Waals surface area contributed by atoms with Crippen molar-refractivity contribution in [2.45, 2.75) is 25.3 Å². The summed E-state index contributed by atoms with van der Waals surface area (Å²) in [6, 6.07) is 3.39. The van der Waals surface area contributed by atoms with E-state index in [1.165, 1.54) is 7.11 Å². The van der Waals surface area contributed by atoms with Gasteiger partial charge in [0.15, 0.2) is 17.3 Å². The van der Waals surface area contributed by atoms with Crippen molar-refractivity contribution in [3.8, 4) is 11.5 Å². The van der Waals surface area contributed by atoms with Gasteiger partial charge >= 0.3 is 0 Å². The highest BCUT2D eigenvalue weighted by atomic mass is 79.9. The van der Waals surface area contributed by atoms with Crippen molar-refractivity contribution >= 4 is 28.1 Å². The maximum Gasteiger partial charge on any atom is 0.209 e. The second-order valence-electron chi connectivity index (χ2n) is 6.39. The van der Waals surface area contributed by atoms with E-state index in [0.717, 1.165) is 22.9 Å². The first kappa shape index (κ1) is 17.0. The van der Waals surface area contributed by atoms with Gasteiger partial charge in [0, 0.05) is 29.4 Å². The van der Waals surface area contributed by atoms with Crippen molar-refractivity contribution in [1.29, 1.82) is 0 Å². The zero-order valence-electron chi connectivity index (χ0n) is 13.4. The Morgan fingerprint density at radius 3 is 2.96 bits per heavy atom. The number of phenols is 1. The number of carbonyl (C=O) groups excluding carboxylic acids is 2. The molecule has 1 fully saturated rings. The standard InChI is InChI=1S/C18H20BrNO4/c1-24-18-9-15(19)12(8-17(18)23)7-16-14-3-2-13(22)6-11(14)4-5-20(16)10-21/h2-3,8-11,14,16,23H,4-7H2,1H3. The van der Waals surface area contributed by atoms with Gasteiger partial charge in [-0.05, 0) is 42.5 Å². The minimum absolute atomic E-state index is 0.0188. The van der Waals surface area contributed by atoms with Crippen molar-refractivity contribution < 1.29 is 19.4 Å². The first-order valence-corrected chi connectivity index (χ1v) is 8.80. The molecule has 0 saturated carbocycles. The maximum atomic E-state index is 11.7. The monoisotopic (exact) mass is 393 g/mol. The molecule has 1 aliphatic heterocycles. The molecule has 24 heavy (non-hydrogen) atoms. The van der Waals surface area contributed by atoms with Crippen LogP contribution in [0.15, 0.2) is 28.8 Å². The lowest BCUT2D eigenvalue weighted by atomic mass is 9.72. The highest BCUT2D eigenvalue weighted by Gasteiger charge is 2.38. The van der Waals surface area contributed by atoms with E-state index in [0.29, 0.717) is 25.1 Å². The van der Waals surface area contributed by atoms with Crippen LogP contribution in [0.5, 0.6) is 11.5 Å². The molecular weight excluding hydrogens is 374 g/mol. The summed E-state index contributed by atoms with van der Waals surface area (Å²) < 4.78 is 5.95. The number of halogens is 1. The Labute approximate surface area is 149 Å². The zero-order valence-corrected chi connectivity index (χ0v) is 15.0. The van der Waals surface area contributed by atoms with Crippen LogP contribution in [0.4, 0.5) is 0 Å². The molecule has 0 bridgehead atoms. The molecule has 1 saturated heterocycles. The highest BCUT2D eigenvalue weighted by Crippen LogP contribution is 2.39. The smallest absolute Gasteiger partial charge is 0.209 e. The normalized spacial score (nSPS) is 26.2. The van der Waals surface area contributed by atoms with Crippen molar-refractivity contribution in [2.24, 2.45) is 11.8 Å². The molecule has 0 spiro atoms. The highest BCUT2D eigenvalue weighted by molar-refractivity contribution is 9.10. The summed E-state index contributed by atoms with van der Waals surface area (Å²) in [6.07, 6.45) is 6.50. The topological polar surface area (TPSA) is 66.8 Å². The zero-order chi connectivity index (χ0) is 17.3. The Morgan fingerprint density at radius 2 is 2.25 bits per heavy atom. The van der Waals surface area contributed by atoms with Crippen LogP contribution in [0.25, 0.3) is 0 Å². The lowest BCUT2D eigenvalue weighted by Gasteiger charge is -2.44. The molecule has 1 N–H and O–H groups in total. The Kier molecular flexibility index (Phi) is 4.94. The Morgan fingerprint density at radius 1 is 1.46 bits per heavy atom. The molecule has 128 valence electrons. The minimum atomic E-state index is -0.0188. The summed E-state index contributed by atoms with van der Waals surface area (Å²) in [7, 11) is 1.50. The van der Waals surface area contributed by atoms with Crippen molar-refractivity contribution in [3.63, 3.8) is 0 Å². The summed E-state index contributed by atoms with van der Waals surface area (Å²) in [5, 5.41) is 10.0. The number of carbonyl (C=O) groups is 2. The van der Waals surface area contributed by atoms with E-state index < -0.39 is 0 Å². The second-order valence-corrected chi connectivity index (χ2v) is 7.24. The fraction of sp³-hybridized carbons (Fsp3) is 0.444. The second kappa shape index (κ2) is 6.97. The number of allylic oxidation sites excluding steroid dienone is 1. The molecule has 0 radical (unpaired) electrons. The number of ketones is 1. The summed E-state index contributed by atoms with van der Waals surface area (Å²) in [5.74, 6) is 1.10. The quantitative estimate of drug-likeness (QED) is 0.798. The molecule has 3 unspecified atom stereocenters. The third-order valence-corrected chi connectivity index (χ3v) is 5.79. The number of nitrogens with zero attached hydrogens (tertiary/aromatic N) is 1. The summed E-state index contributed by atoms with van der Waals surface area (Å²) in [4.78, 5) is 25.0. The number of ether oxygens (including phenoxy) is 1. The molecule has 5 nitrogen and oxygen atoms in total. The van der Waals surface area contributed by atoms with Crippen LogP contribution in [-0.2, 0) is 16.0 Å². The fourth-order valence-corrected chi connectivity index (χ4v) is 4.28. The number of methoxy groups -OCH3 is 1. The van der Waals surface area contributed by atoms with Gasteiger partial charge in [-0.15, -0.1) is 0 Å².